The Hall–Kier alpha value is -2.30. The third kappa shape index (κ3) is 3.00. The maximum Gasteiger partial charge on any atom is 0.276 e. The number of fused-ring (bicyclic) bond motifs is 2. The molecule has 2 atom stereocenters. The lowest BCUT2D eigenvalue weighted by molar-refractivity contribution is 0.0698. The fraction of sp³-hybridized carbons (Fsp3) is 0.524. The van der Waals surface area contributed by atoms with E-state index < -0.39 is 0 Å². The molecule has 26 heavy (non-hydrogen) atoms. The van der Waals surface area contributed by atoms with Crippen molar-refractivity contribution in [1.82, 2.24) is 10.1 Å². The number of rotatable bonds is 3. The summed E-state index contributed by atoms with van der Waals surface area (Å²) in [5.74, 6) is 1.31. The number of aromatic nitrogens is 1. The number of nitrogens with zero attached hydrogens (tertiary/aromatic N) is 2. The molecular formula is C21H26N2O3. The highest BCUT2D eigenvalue weighted by Crippen LogP contribution is 2.52. The maximum absolute atomic E-state index is 13.1. The Morgan fingerprint density at radius 2 is 2.08 bits per heavy atom. The fourth-order valence-corrected chi connectivity index (χ4v) is 5.13. The molecule has 0 N–H and O–H groups in total. The molecule has 138 valence electrons. The molecule has 2 bridgehead atoms. The van der Waals surface area contributed by atoms with Crippen molar-refractivity contribution in [3.05, 3.63) is 36.0 Å². The fourth-order valence-electron chi connectivity index (χ4n) is 5.13. The van der Waals surface area contributed by atoms with Crippen molar-refractivity contribution in [2.45, 2.75) is 46.1 Å². The maximum atomic E-state index is 13.1. The Balaban J connectivity index is 1.57. The van der Waals surface area contributed by atoms with Crippen molar-refractivity contribution >= 4 is 5.91 Å². The zero-order chi connectivity index (χ0) is 18.5. The summed E-state index contributed by atoms with van der Waals surface area (Å²) in [7, 11) is 1.63. The number of carbonyl (C=O) groups is 1. The van der Waals surface area contributed by atoms with Crippen LogP contribution in [0, 0.1) is 10.8 Å². The topological polar surface area (TPSA) is 55.6 Å². The van der Waals surface area contributed by atoms with Gasteiger partial charge in [0.1, 0.15) is 5.75 Å². The largest absolute Gasteiger partial charge is 0.497 e. The van der Waals surface area contributed by atoms with Gasteiger partial charge >= 0.3 is 0 Å². The summed E-state index contributed by atoms with van der Waals surface area (Å²) in [6.07, 6.45) is 3.30. The first-order valence-corrected chi connectivity index (χ1v) is 9.21. The van der Waals surface area contributed by atoms with Crippen LogP contribution in [0.1, 0.15) is 50.5 Å². The van der Waals surface area contributed by atoms with Gasteiger partial charge in [-0.05, 0) is 42.2 Å². The average Bonchev–Trinajstić information content (AvgIpc) is 3.16. The molecule has 1 amide bonds. The van der Waals surface area contributed by atoms with Gasteiger partial charge in [0.05, 0.1) is 7.11 Å². The first kappa shape index (κ1) is 17.1. The Bertz CT molecular complexity index is 841. The van der Waals surface area contributed by atoms with Crippen LogP contribution in [0.2, 0.25) is 0 Å². The van der Waals surface area contributed by atoms with Crippen LogP contribution in [-0.4, -0.2) is 35.7 Å². The van der Waals surface area contributed by atoms with Crippen molar-refractivity contribution < 1.29 is 14.1 Å². The zero-order valence-corrected chi connectivity index (χ0v) is 15.9. The van der Waals surface area contributed by atoms with Gasteiger partial charge in [0.15, 0.2) is 11.5 Å². The standard InChI is InChI=1S/C21H26N2O3/c1-20(2)10-15-11-21(3,12-20)13-23(15)19(24)17-9-18(26-22-17)14-6-5-7-16(8-14)25-4/h5-9,15H,10-13H2,1-4H3/t15-,21+/m0/s1. The zero-order valence-electron chi connectivity index (χ0n) is 15.9. The second-order valence-corrected chi connectivity index (χ2v) is 8.96. The lowest BCUT2D eigenvalue weighted by Crippen LogP contribution is -2.37. The number of hydrogen-bond donors (Lipinski definition) is 0. The number of amides is 1. The molecule has 2 aromatic rings. The quantitative estimate of drug-likeness (QED) is 0.820. The smallest absolute Gasteiger partial charge is 0.276 e. The van der Waals surface area contributed by atoms with Gasteiger partial charge in [-0.2, -0.15) is 0 Å². The lowest BCUT2D eigenvalue weighted by atomic mass is 9.65. The summed E-state index contributed by atoms with van der Waals surface area (Å²) in [5.41, 5.74) is 1.73. The first-order chi connectivity index (χ1) is 12.3. The summed E-state index contributed by atoms with van der Waals surface area (Å²) in [6.45, 7) is 7.73. The van der Waals surface area contributed by atoms with Crippen LogP contribution in [0.5, 0.6) is 5.75 Å². The van der Waals surface area contributed by atoms with Crippen molar-refractivity contribution in [2.75, 3.05) is 13.7 Å². The van der Waals surface area contributed by atoms with E-state index in [2.05, 4.69) is 25.9 Å². The Kier molecular flexibility index (Phi) is 3.86. The molecule has 1 saturated carbocycles. The monoisotopic (exact) mass is 354 g/mol. The van der Waals surface area contributed by atoms with E-state index in [-0.39, 0.29) is 16.7 Å². The summed E-state index contributed by atoms with van der Waals surface area (Å²) in [6, 6.07) is 9.61. The highest BCUT2D eigenvalue weighted by molar-refractivity contribution is 5.93. The summed E-state index contributed by atoms with van der Waals surface area (Å²) >= 11 is 0. The molecule has 0 radical (unpaired) electrons. The van der Waals surface area contributed by atoms with Crippen LogP contribution in [-0.2, 0) is 0 Å². The van der Waals surface area contributed by atoms with Crippen LogP contribution < -0.4 is 4.74 Å². The molecule has 5 nitrogen and oxygen atoms in total. The highest BCUT2D eigenvalue weighted by atomic mass is 16.5. The molecule has 0 spiro atoms. The van der Waals surface area contributed by atoms with Crippen LogP contribution in [0.4, 0.5) is 0 Å². The Morgan fingerprint density at radius 3 is 2.85 bits per heavy atom. The molecule has 0 unspecified atom stereocenters. The molecule has 1 aromatic carbocycles. The van der Waals surface area contributed by atoms with Gasteiger partial charge in [-0.3, -0.25) is 4.79 Å². The van der Waals surface area contributed by atoms with E-state index in [4.69, 9.17) is 9.26 Å². The van der Waals surface area contributed by atoms with E-state index in [9.17, 15) is 4.79 Å². The SMILES string of the molecule is COc1cccc(-c2cc(C(=O)N3C[C@]4(C)C[C@@H]3CC(C)(C)C4)no2)c1. The predicted octanol–water partition coefficient (Wildman–Crippen LogP) is 4.39. The van der Waals surface area contributed by atoms with E-state index >= 15 is 0 Å². The second-order valence-electron chi connectivity index (χ2n) is 8.96. The van der Waals surface area contributed by atoms with Crippen molar-refractivity contribution in [2.24, 2.45) is 10.8 Å². The number of hydrogen-bond acceptors (Lipinski definition) is 4. The normalized spacial score (nSPS) is 26.8. The van der Waals surface area contributed by atoms with Gasteiger partial charge in [0.2, 0.25) is 0 Å². The molecule has 1 aliphatic carbocycles. The van der Waals surface area contributed by atoms with Crippen LogP contribution >= 0.6 is 0 Å². The summed E-state index contributed by atoms with van der Waals surface area (Å²) in [5, 5.41) is 4.06. The average molecular weight is 354 g/mol. The van der Waals surface area contributed by atoms with E-state index in [0.29, 0.717) is 17.5 Å². The van der Waals surface area contributed by atoms with Crippen molar-refractivity contribution in [1.29, 1.82) is 0 Å². The molecule has 2 aliphatic rings. The van der Waals surface area contributed by atoms with Crippen LogP contribution in [0.3, 0.4) is 0 Å². The number of ether oxygens (including phenoxy) is 1. The number of methoxy groups -OCH3 is 1. The third-order valence-corrected chi connectivity index (χ3v) is 5.76. The number of likely N-dealkylation sites (tertiary alicyclic amines) is 1. The van der Waals surface area contributed by atoms with E-state index in [0.717, 1.165) is 37.1 Å². The minimum absolute atomic E-state index is 0.0191. The number of carbonyl (C=O) groups excluding carboxylic acids is 1. The molecule has 1 aliphatic heterocycles. The second kappa shape index (κ2) is 5.86. The molecule has 2 fully saturated rings. The number of benzene rings is 1. The van der Waals surface area contributed by atoms with E-state index in [1.54, 1.807) is 13.2 Å². The van der Waals surface area contributed by atoms with Crippen molar-refractivity contribution in [3.8, 4) is 17.1 Å². The highest BCUT2D eigenvalue weighted by Gasteiger charge is 2.51. The minimum atomic E-state index is -0.0191. The van der Waals surface area contributed by atoms with E-state index in [1.165, 1.54) is 0 Å². The van der Waals surface area contributed by atoms with Crippen LogP contribution in [0.15, 0.2) is 34.9 Å². The Labute approximate surface area is 154 Å². The van der Waals surface area contributed by atoms with Gasteiger partial charge < -0.3 is 14.2 Å². The molecule has 1 saturated heterocycles. The van der Waals surface area contributed by atoms with Gasteiger partial charge in [0.25, 0.3) is 5.91 Å². The van der Waals surface area contributed by atoms with E-state index in [1.807, 2.05) is 29.2 Å². The predicted molar refractivity (Wildman–Crippen MR) is 99.1 cm³/mol. The minimum Gasteiger partial charge on any atom is -0.497 e. The van der Waals surface area contributed by atoms with Gasteiger partial charge in [-0.25, -0.2) is 0 Å². The van der Waals surface area contributed by atoms with Crippen LogP contribution in [0.25, 0.3) is 11.3 Å². The molecule has 2 heterocycles. The third-order valence-electron chi connectivity index (χ3n) is 5.76. The van der Waals surface area contributed by atoms with Gasteiger partial charge in [-0.15, -0.1) is 0 Å². The van der Waals surface area contributed by atoms with Gasteiger partial charge in [-0.1, -0.05) is 38.1 Å². The lowest BCUT2D eigenvalue weighted by Gasteiger charge is -2.39. The summed E-state index contributed by atoms with van der Waals surface area (Å²) in [4.78, 5) is 15.1. The van der Waals surface area contributed by atoms with Gasteiger partial charge in [0, 0.05) is 24.2 Å². The molecule has 5 heteroatoms. The summed E-state index contributed by atoms with van der Waals surface area (Å²) < 4.78 is 10.7. The Morgan fingerprint density at radius 1 is 1.27 bits per heavy atom. The molecule has 4 rings (SSSR count). The van der Waals surface area contributed by atoms with Crippen molar-refractivity contribution in [3.63, 3.8) is 0 Å². The first-order valence-electron chi connectivity index (χ1n) is 9.21. The molecule has 1 aromatic heterocycles. The molecular weight excluding hydrogens is 328 g/mol.